The number of likely N-dealkylation sites (N-methyl/N-ethyl adjacent to an activating group) is 1. The summed E-state index contributed by atoms with van der Waals surface area (Å²) in [6.45, 7) is 12.0. The number of hydrogen-bond donors (Lipinski definition) is 2. The molecule has 1 saturated carbocycles. The van der Waals surface area contributed by atoms with Gasteiger partial charge in [-0.05, 0) is 89.8 Å². The smallest absolute Gasteiger partial charge is 0.191 e. The van der Waals surface area contributed by atoms with Gasteiger partial charge in [-0.1, -0.05) is 6.07 Å². The van der Waals surface area contributed by atoms with Gasteiger partial charge < -0.3 is 25.2 Å². The van der Waals surface area contributed by atoms with Crippen molar-refractivity contribution in [2.45, 2.75) is 45.6 Å². The van der Waals surface area contributed by atoms with E-state index in [9.17, 15) is 4.39 Å². The Balaban J connectivity index is 1.46. The van der Waals surface area contributed by atoms with E-state index < -0.39 is 0 Å². The van der Waals surface area contributed by atoms with Gasteiger partial charge in [-0.3, -0.25) is 4.99 Å². The molecule has 2 aliphatic rings. The first-order chi connectivity index (χ1) is 15.0. The minimum absolute atomic E-state index is 0.0501. The second-order valence-electron chi connectivity index (χ2n) is 8.92. The Hall–Kier alpha value is -1.86. The molecule has 1 aromatic carbocycles. The fourth-order valence-corrected chi connectivity index (χ4v) is 3.81. The summed E-state index contributed by atoms with van der Waals surface area (Å²) in [6.07, 6.45) is 4.67. The average Bonchev–Trinajstić information content (AvgIpc) is 3.59. The Morgan fingerprint density at radius 2 is 2.10 bits per heavy atom. The number of benzene rings is 1. The van der Waals surface area contributed by atoms with Crippen LogP contribution in [0, 0.1) is 11.7 Å². The van der Waals surface area contributed by atoms with E-state index in [1.54, 1.807) is 12.1 Å². The molecule has 1 heterocycles. The third-order valence-corrected chi connectivity index (χ3v) is 6.04. The SMILES string of the molecule is CCNC(=NCCCN1CCCN(C)CC1)NC(C)c1ccc(OCC2CC2)c(F)c1. The molecule has 31 heavy (non-hydrogen) atoms. The number of nitrogens with one attached hydrogen (secondary N) is 2. The topological polar surface area (TPSA) is 52.1 Å². The maximum absolute atomic E-state index is 14.4. The fraction of sp³-hybridized carbons (Fsp3) is 0.708. The van der Waals surface area contributed by atoms with E-state index in [0.717, 1.165) is 50.7 Å². The number of nitrogens with zero attached hydrogens (tertiary/aromatic N) is 3. The Bertz CT molecular complexity index is 709. The molecule has 2 fully saturated rings. The van der Waals surface area contributed by atoms with Crippen LogP contribution in [0.5, 0.6) is 5.75 Å². The lowest BCUT2D eigenvalue weighted by Crippen LogP contribution is -2.39. The van der Waals surface area contributed by atoms with Gasteiger partial charge in [-0.25, -0.2) is 4.39 Å². The summed E-state index contributed by atoms with van der Waals surface area (Å²) < 4.78 is 20.0. The van der Waals surface area contributed by atoms with Gasteiger partial charge >= 0.3 is 0 Å². The van der Waals surface area contributed by atoms with Gasteiger partial charge in [0.15, 0.2) is 17.5 Å². The summed E-state index contributed by atoms with van der Waals surface area (Å²) in [5, 5.41) is 6.71. The first-order valence-electron chi connectivity index (χ1n) is 11.9. The largest absolute Gasteiger partial charge is 0.490 e. The predicted molar refractivity (Wildman–Crippen MR) is 125 cm³/mol. The van der Waals surface area contributed by atoms with E-state index in [0.29, 0.717) is 18.3 Å². The van der Waals surface area contributed by atoms with Crippen LogP contribution in [0.25, 0.3) is 0 Å². The monoisotopic (exact) mass is 433 g/mol. The van der Waals surface area contributed by atoms with Crippen LogP contribution in [-0.4, -0.2) is 75.2 Å². The Kier molecular flexibility index (Phi) is 9.40. The molecule has 0 spiro atoms. The first kappa shape index (κ1) is 23.8. The van der Waals surface area contributed by atoms with Crippen LogP contribution < -0.4 is 15.4 Å². The van der Waals surface area contributed by atoms with Crippen molar-refractivity contribution < 1.29 is 9.13 Å². The van der Waals surface area contributed by atoms with Crippen LogP contribution in [-0.2, 0) is 0 Å². The highest BCUT2D eigenvalue weighted by Gasteiger charge is 2.22. The minimum Gasteiger partial charge on any atom is -0.490 e. The molecule has 1 atom stereocenters. The molecule has 174 valence electrons. The van der Waals surface area contributed by atoms with Crippen LogP contribution >= 0.6 is 0 Å². The Morgan fingerprint density at radius 3 is 2.84 bits per heavy atom. The first-order valence-corrected chi connectivity index (χ1v) is 11.9. The Morgan fingerprint density at radius 1 is 1.26 bits per heavy atom. The third-order valence-electron chi connectivity index (χ3n) is 6.04. The molecule has 0 aromatic heterocycles. The minimum atomic E-state index is -0.295. The van der Waals surface area contributed by atoms with Crippen molar-refractivity contribution in [1.29, 1.82) is 0 Å². The molecule has 0 bridgehead atoms. The maximum atomic E-state index is 14.4. The van der Waals surface area contributed by atoms with Gasteiger partial charge in [-0.15, -0.1) is 0 Å². The molecule has 1 aliphatic heterocycles. The molecule has 1 aliphatic carbocycles. The van der Waals surface area contributed by atoms with Crippen LogP contribution in [0.3, 0.4) is 0 Å². The van der Waals surface area contributed by atoms with Crippen molar-refractivity contribution in [1.82, 2.24) is 20.4 Å². The number of hydrogen-bond acceptors (Lipinski definition) is 4. The summed E-state index contributed by atoms with van der Waals surface area (Å²) in [6, 6.07) is 5.20. The summed E-state index contributed by atoms with van der Waals surface area (Å²) >= 11 is 0. The van der Waals surface area contributed by atoms with Crippen LogP contribution in [0.4, 0.5) is 4.39 Å². The summed E-state index contributed by atoms with van der Waals surface area (Å²) in [5.41, 5.74) is 0.885. The van der Waals surface area contributed by atoms with Gasteiger partial charge in [0, 0.05) is 26.2 Å². The van der Waals surface area contributed by atoms with E-state index in [2.05, 4.69) is 34.4 Å². The van der Waals surface area contributed by atoms with Crippen molar-refractivity contribution in [3.05, 3.63) is 29.6 Å². The molecule has 1 unspecified atom stereocenters. The normalized spacial score (nSPS) is 19.7. The molecular weight excluding hydrogens is 393 g/mol. The number of ether oxygens (including phenoxy) is 1. The molecule has 0 radical (unpaired) electrons. The second-order valence-corrected chi connectivity index (χ2v) is 8.92. The summed E-state index contributed by atoms with van der Waals surface area (Å²) in [5.74, 6) is 1.44. The highest BCUT2D eigenvalue weighted by Crippen LogP contribution is 2.30. The average molecular weight is 434 g/mol. The van der Waals surface area contributed by atoms with E-state index in [-0.39, 0.29) is 11.9 Å². The van der Waals surface area contributed by atoms with E-state index in [1.165, 1.54) is 32.4 Å². The third kappa shape index (κ3) is 8.30. The van der Waals surface area contributed by atoms with Crippen LogP contribution in [0.2, 0.25) is 0 Å². The van der Waals surface area contributed by atoms with Crippen molar-refractivity contribution >= 4 is 5.96 Å². The highest BCUT2D eigenvalue weighted by molar-refractivity contribution is 5.80. The van der Waals surface area contributed by atoms with Crippen molar-refractivity contribution in [2.24, 2.45) is 10.9 Å². The maximum Gasteiger partial charge on any atom is 0.191 e. The van der Waals surface area contributed by atoms with Crippen molar-refractivity contribution in [2.75, 3.05) is 59.5 Å². The van der Waals surface area contributed by atoms with Gasteiger partial charge in [-0.2, -0.15) is 0 Å². The van der Waals surface area contributed by atoms with E-state index in [4.69, 9.17) is 9.73 Å². The van der Waals surface area contributed by atoms with Gasteiger partial charge in [0.25, 0.3) is 0 Å². The standard InChI is InChI=1S/C24H40FN5O/c1-4-26-24(27-11-5-13-30-14-6-12-29(3)15-16-30)28-19(2)21-9-10-23(22(25)17-21)31-18-20-7-8-20/h9-10,17,19-20H,4-8,11-16,18H2,1-3H3,(H2,26,27,28). The van der Waals surface area contributed by atoms with Gasteiger partial charge in [0.2, 0.25) is 0 Å². The van der Waals surface area contributed by atoms with E-state index in [1.807, 2.05) is 13.0 Å². The number of rotatable bonds is 10. The second kappa shape index (κ2) is 12.2. The summed E-state index contributed by atoms with van der Waals surface area (Å²) in [7, 11) is 2.20. The molecule has 3 rings (SSSR count). The molecule has 0 amide bonds. The number of guanidine groups is 1. The molecule has 7 heteroatoms. The summed E-state index contributed by atoms with van der Waals surface area (Å²) in [4.78, 5) is 9.68. The molecule has 6 nitrogen and oxygen atoms in total. The lowest BCUT2D eigenvalue weighted by molar-refractivity contribution is 0.275. The lowest BCUT2D eigenvalue weighted by Gasteiger charge is -2.20. The zero-order chi connectivity index (χ0) is 22.1. The van der Waals surface area contributed by atoms with Gasteiger partial charge in [0.1, 0.15) is 0 Å². The quantitative estimate of drug-likeness (QED) is 0.337. The zero-order valence-electron chi connectivity index (χ0n) is 19.5. The van der Waals surface area contributed by atoms with Crippen molar-refractivity contribution in [3.8, 4) is 5.75 Å². The van der Waals surface area contributed by atoms with Crippen LogP contribution in [0.15, 0.2) is 23.2 Å². The number of aliphatic imine (C=N–C) groups is 1. The lowest BCUT2D eigenvalue weighted by atomic mass is 10.1. The predicted octanol–water partition coefficient (Wildman–Crippen LogP) is 3.26. The fourth-order valence-electron chi connectivity index (χ4n) is 3.81. The highest BCUT2D eigenvalue weighted by atomic mass is 19.1. The van der Waals surface area contributed by atoms with Gasteiger partial charge in [0.05, 0.1) is 12.6 Å². The number of halogens is 1. The van der Waals surface area contributed by atoms with Crippen molar-refractivity contribution in [3.63, 3.8) is 0 Å². The zero-order valence-corrected chi connectivity index (χ0v) is 19.5. The van der Waals surface area contributed by atoms with Crippen LogP contribution in [0.1, 0.15) is 51.1 Å². The molecule has 1 aromatic rings. The molecular formula is C24H40FN5O. The molecule has 2 N–H and O–H groups in total. The Labute approximate surface area is 187 Å². The molecule has 1 saturated heterocycles. The van der Waals surface area contributed by atoms with E-state index >= 15 is 0 Å².